The molecule has 0 bridgehead atoms. The highest BCUT2D eigenvalue weighted by Crippen LogP contribution is 2.20. The first-order valence-corrected chi connectivity index (χ1v) is 8.59. The van der Waals surface area contributed by atoms with Gasteiger partial charge in [-0.15, -0.1) is 12.4 Å². The fourth-order valence-corrected chi connectivity index (χ4v) is 2.70. The first-order valence-electron chi connectivity index (χ1n) is 8.21. The van der Waals surface area contributed by atoms with E-state index in [2.05, 4.69) is 16.0 Å². The lowest BCUT2D eigenvalue weighted by Gasteiger charge is -2.31. The van der Waals surface area contributed by atoms with Crippen molar-refractivity contribution in [3.05, 3.63) is 59.1 Å². The minimum atomic E-state index is -0.209. The van der Waals surface area contributed by atoms with Gasteiger partial charge in [0.15, 0.2) is 0 Å². The van der Waals surface area contributed by atoms with Crippen LogP contribution in [0.5, 0.6) is 0 Å². The lowest BCUT2D eigenvalue weighted by molar-refractivity contribution is -0.121. The number of carbonyl (C=O) groups excluding carboxylic acids is 2. The Bertz CT molecular complexity index is 759. The molecule has 2 amide bonds. The second-order valence-corrected chi connectivity index (χ2v) is 6.67. The minimum absolute atomic E-state index is 0. The van der Waals surface area contributed by atoms with Gasteiger partial charge in [0.2, 0.25) is 5.91 Å². The van der Waals surface area contributed by atoms with Gasteiger partial charge in [-0.05, 0) is 67.5 Å². The van der Waals surface area contributed by atoms with E-state index in [0.29, 0.717) is 27.9 Å². The first-order chi connectivity index (χ1) is 12.0. The second kappa shape index (κ2) is 9.03. The van der Waals surface area contributed by atoms with Gasteiger partial charge in [0, 0.05) is 27.9 Å². The molecule has 3 N–H and O–H groups in total. The highest BCUT2D eigenvalue weighted by molar-refractivity contribution is 6.30. The zero-order chi connectivity index (χ0) is 17.8. The van der Waals surface area contributed by atoms with Crippen molar-refractivity contribution < 1.29 is 9.59 Å². The maximum absolute atomic E-state index is 12.2. The molecule has 1 aliphatic heterocycles. The third-order valence-corrected chi connectivity index (χ3v) is 4.70. The number of halogens is 2. The molecule has 1 atom stereocenters. The number of amides is 2. The standard InChI is InChI=1S/C19H20ClN3O2.ClH/c1-12(14-10-21-11-14)18(24)22-16-6-8-17(9-7-16)23-19(25)13-2-4-15(20)5-3-13;/h2-9,12,14,21H,10-11H2,1H3,(H,22,24)(H,23,25);1H. The molecule has 1 saturated heterocycles. The largest absolute Gasteiger partial charge is 0.326 e. The highest BCUT2D eigenvalue weighted by atomic mass is 35.5. The molecule has 1 aliphatic rings. The molecule has 0 aliphatic carbocycles. The van der Waals surface area contributed by atoms with E-state index < -0.39 is 0 Å². The minimum Gasteiger partial charge on any atom is -0.326 e. The zero-order valence-corrected chi connectivity index (χ0v) is 15.9. The van der Waals surface area contributed by atoms with E-state index in [1.807, 2.05) is 6.92 Å². The van der Waals surface area contributed by atoms with Crippen molar-refractivity contribution in [2.24, 2.45) is 11.8 Å². The van der Waals surface area contributed by atoms with Crippen molar-refractivity contribution in [2.75, 3.05) is 23.7 Å². The molecule has 0 spiro atoms. The monoisotopic (exact) mass is 393 g/mol. The van der Waals surface area contributed by atoms with E-state index in [1.54, 1.807) is 48.5 Å². The first kappa shape index (κ1) is 20.2. The van der Waals surface area contributed by atoms with Crippen molar-refractivity contribution >= 4 is 47.2 Å². The van der Waals surface area contributed by atoms with Gasteiger partial charge >= 0.3 is 0 Å². The number of nitrogens with one attached hydrogen (secondary N) is 3. The van der Waals surface area contributed by atoms with Gasteiger partial charge < -0.3 is 16.0 Å². The van der Waals surface area contributed by atoms with Gasteiger partial charge in [0.05, 0.1) is 0 Å². The van der Waals surface area contributed by atoms with E-state index in [4.69, 9.17) is 11.6 Å². The van der Waals surface area contributed by atoms with Crippen LogP contribution in [0, 0.1) is 11.8 Å². The molecule has 1 fully saturated rings. The molecule has 3 rings (SSSR count). The predicted octanol–water partition coefficient (Wildman–Crippen LogP) is 3.81. The van der Waals surface area contributed by atoms with Crippen molar-refractivity contribution in [1.29, 1.82) is 0 Å². The predicted molar refractivity (Wildman–Crippen MR) is 107 cm³/mol. The van der Waals surface area contributed by atoms with E-state index in [9.17, 15) is 9.59 Å². The fourth-order valence-electron chi connectivity index (χ4n) is 2.58. The third-order valence-electron chi connectivity index (χ3n) is 4.45. The van der Waals surface area contributed by atoms with Crippen molar-refractivity contribution in [1.82, 2.24) is 5.32 Å². The van der Waals surface area contributed by atoms with Gasteiger partial charge in [-0.25, -0.2) is 0 Å². The molecule has 0 aromatic heterocycles. The van der Waals surface area contributed by atoms with Gasteiger partial charge in [0.1, 0.15) is 0 Å². The van der Waals surface area contributed by atoms with Crippen LogP contribution in [0.4, 0.5) is 11.4 Å². The summed E-state index contributed by atoms with van der Waals surface area (Å²) in [6, 6.07) is 13.8. The Morgan fingerprint density at radius 2 is 1.54 bits per heavy atom. The Hall–Kier alpha value is -2.08. The summed E-state index contributed by atoms with van der Waals surface area (Å²) in [6.07, 6.45) is 0. The van der Waals surface area contributed by atoms with Crippen LogP contribution in [0.1, 0.15) is 17.3 Å². The Morgan fingerprint density at radius 3 is 2.04 bits per heavy atom. The van der Waals surface area contributed by atoms with Gasteiger partial charge in [0.25, 0.3) is 5.91 Å². The van der Waals surface area contributed by atoms with E-state index in [1.165, 1.54) is 0 Å². The Balaban J connectivity index is 0.00000243. The Kier molecular flexibility index (Phi) is 7.03. The maximum atomic E-state index is 12.2. The van der Waals surface area contributed by atoms with Gasteiger partial charge in [-0.2, -0.15) is 0 Å². The van der Waals surface area contributed by atoms with Crippen LogP contribution < -0.4 is 16.0 Å². The van der Waals surface area contributed by atoms with E-state index in [-0.39, 0.29) is 30.1 Å². The topological polar surface area (TPSA) is 70.2 Å². The summed E-state index contributed by atoms with van der Waals surface area (Å²) in [5.74, 6) is 0.187. The average Bonchev–Trinajstić information content (AvgIpc) is 2.55. The SMILES string of the molecule is CC(C(=O)Nc1ccc(NC(=O)c2ccc(Cl)cc2)cc1)C1CNC1.Cl. The van der Waals surface area contributed by atoms with Crippen LogP contribution in [-0.4, -0.2) is 24.9 Å². The summed E-state index contributed by atoms with van der Waals surface area (Å²) >= 11 is 5.82. The van der Waals surface area contributed by atoms with E-state index in [0.717, 1.165) is 13.1 Å². The zero-order valence-electron chi connectivity index (χ0n) is 14.3. The van der Waals surface area contributed by atoms with Crippen molar-refractivity contribution in [3.8, 4) is 0 Å². The molecule has 26 heavy (non-hydrogen) atoms. The molecule has 1 unspecified atom stereocenters. The fraction of sp³-hybridized carbons (Fsp3) is 0.263. The summed E-state index contributed by atoms with van der Waals surface area (Å²) in [6.45, 7) is 3.73. The van der Waals surface area contributed by atoms with E-state index >= 15 is 0 Å². The molecule has 0 radical (unpaired) electrons. The normalized spacial score (nSPS) is 14.5. The summed E-state index contributed by atoms with van der Waals surface area (Å²) in [5, 5.41) is 9.49. The Labute approximate surface area is 163 Å². The van der Waals surface area contributed by atoms with Crippen LogP contribution in [0.25, 0.3) is 0 Å². The molecule has 5 nitrogen and oxygen atoms in total. The van der Waals surface area contributed by atoms with Crippen molar-refractivity contribution in [3.63, 3.8) is 0 Å². The number of carbonyl (C=O) groups is 2. The molecular formula is C19H21Cl2N3O2. The second-order valence-electron chi connectivity index (χ2n) is 6.23. The van der Waals surface area contributed by atoms with Crippen molar-refractivity contribution in [2.45, 2.75) is 6.92 Å². The van der Waals surface area contributed by atoms with Crippen LogP contribution in [0.2, 0.25) is 5.02 Å². The smallest absolute Gasteiger partial charge is 0.255 e. The number of hydrogen-bond donors (Lipinski definition) is 3. The molecular weight excluding hydrogens is 373 g/mol. The molecule has 2 aromatic carbocycles. The number of benzene rings is 2. The summed E-state index contributed by atoms with van der Waals surface area (Å²) in [7, 11) is 0. The number of rotatable bonds is 5. The molecule has 7 heteroatoms. The molecule has 138 valence electrons. The highest BCUT2D eigenvalue weighted by Gasteiger charge is 2.28. The lowest BCUT2D eigenvalue weighted by atomic mass is 9.88. The molecule has 0 saturated carbocycles. The number of anilines is 2. The summed E-state index contributed by atoms with van der Waals surface area (Å²) in [4.78, 5) is 24.4. The quantitative estimate of drug-likeness (QED) is 0.723. The summed E-state index contributed by atoms with van der Waals surface area (Å²) < 4.78 is 0. The number of hydrogen-bond acceptors (Lipinski definition) is 3. The maximum Gasteiger partial charge on any atom is 0.255 e. The Morgan fingerprint density at radius 1 is 1.00 bits per heavy atom. The lowest BCUT2D eigenvalue weighted by Crippen LogP contribution is -2.48. The average molecular weight is 394 g/mol. The van der Waals surface area contributed by atoms with Gasteiger partial charge in [-0.3, -0.25) is 9.59 Å². The summed E-state index contributed by atoms with van der Waals surface area (Å²) in [5.41, 5.74) is 1.91. The van der Waals surface area contributed by atoms with Gasteiger partial charge in [-0.1, -0.05) is 18.5 Å². The van der Waals surface area contributed by atoms with Crippen LogP contribution >= 0.6 is 24.0 Å². The van der Waals surface area contributed by atoms with Crippen LogP contribution in [0.3, 0.4) is 0 Å². The van der Waals surface area contributed by atoms with Crippen LogP contribution in [-0.2, 0) is 4.79 Å². The molecule has 1 heterocycles. The molecule has 2 aromatic rings. The third kappa shape index (κ3) is 4.97. The van der Waals surface area contributed by atoms with Crippen LogP contribution in [0.15, 0.2) is 48.5 Å².